The van der Waals surface area contributed by atoms with Gasteiger partial charge in [-0.15, -0.1) is 0 Å². The molecule has 0 atom stereocenters. The van der Waals surface area contributed by atoms with Crippen molar-refractivity contribution >= 4 is 39.3 Å². The number of carbonyl (C=O) groups is 1. The first-order valence-corrected chi connectivity index (χ1v) is 10.8. The van der Waals surface area contributed by atoms with Crippen LogP contribution in [0.1, 0.15) is 27.4 Å². The van der Waals surface area contributed by atoms with Crippen LogP contribution < -0.4 is 10.1 Å². The van der Waals surface area contributed by atoms with Gasteiger partial charge in [-0.05, 0) is 52.7 Å². The van der Waals surface area contributed by atoms with E-state index in [1.807, 2.05) is 12.1 Å². The van der Waals surface area contributed by atoms with Gasteiger partial charge in [0.05, 0.1) is 16.6 Å². The first-order valence-electron chi connectivity index (χ1n) is 9.62. The molecule has 2 aromatic carbocycles. The van der Waals surface area contributed by atoms with Gasteiger partial charge in [-0.25, -0.2) is 8.78 Å². The van der Waals surface area contributed by atoms with Crippen molar-refractivity contribution in [3.63, 3.8) is 0 Å². The van der Waals surface area contributed by atoms with Gasteiger partial charge in [0.1, 0.15) is 18.2 Å². The van der Waals surface area contributed by atoms with Crippen LogP contribution in [0.5, 0.6) is 5.75 Å². The van der Waals surface area contributed by atoms with Crippen molar-refractivity contribution in [2.45, 2.75) is 20.1 Å². The Hall–Kier alpha value is -3.24. The van der Waals surface area contributed by atoms with Crippen molar-refractivity contribution in [3.8, 4) is 5.75 Å². The van der Waals surface area contributed by atoms with E-state index in [0.29, 0.717) is 33.4 Å². The topological polar surface area (TPSA) is 82.2 Å². The van der Waals surface area contributed by atoms with Gasteiger partial charge in [-0.3, -0.25) is 9.48 Å². The molecule has 33 heavy (non-hydrogen) atoms. The van der Waals surface area contributed by atoms with Gasteiger partial charge in [0, 0.05) is 17.3 Å². The average Bonchev–Trinajstić information content (AvgIpc) is 3.31. The Morgan fingerprint density at radius 1 is 1.24 bits per heavy atom. The number of rotatable bonds is 7. The fraction of sp³-hybridized carbons (Fsp3) is 0.136. The molecule has 0 aliphatic heterocycles. The zero-order valence-electron chi connectivity index (χ0n) is 17.1. The van der Waals surface area contributed by atoms with Crippen LogP contribution in [0, 0.1) is 18.6 Å². The Kier molecular flexibility index (Phi) is 6.75. The van der Waals surface area contributed by atoms with E-state index in [0.717, 1.165) is 17.7 Å². The molecule has 1 amide bonds. The van der Waals surface area contributed by atoms with Crippen LogP contribution in [0.2, 0.25) is 5.02 Å². The molecular formula is C22H16BrClF2N4O3. The van der Waals surface area contributed by atoms with Gasteiger partial charge >= 0.3 is 0 Å². The average molecular weight is 538 g/mol. The molecule has 7 nitrogen and oxygen atoms in total. The third-order valence-corrected chi connectivity index (χ3v) is 5.50. The summed E-state index contributed by atoms with van der Waals surface area (Å²) >= 11 is 9.29. The lowest BCUT2D eigenvalue weighted by Crippen LogP contribution is -2.16. The number of hydrogen-bond donors (Lipinski definition) is 1. The van der Waals surface area contributed by atoms with E-state index >= 15 is 0 Å². The number of nitrogens with zero attached hydrogens (tertiary/aromatic N) is 3. The highest BCUT2D eigenvalue weighted by atomic mass is 79.9. The normalized spacial score (nSPS) is 10.9. The molecule has 4 rings (SSSR count). The summed E-state index contributed by atoms with van der Waals surface area (Å²) in [6, 6.07) is 10.3. The van der Waals surface area contributed by atoms with E-state index in [2.05, 4.69) is 31.5 Å². The zero-order chi connectivity index (χ0) is 23.5. The van der Waals surface area contributed by atoms with Gasteiger partial charge in [-0.2, -0.15) is 5.10 Å². The number of carbonyl (C=O) groups excluding carboxylic acids is 1. The monoisotopic (exact) mass is 536 g/mol. The van der Waals surface area contributed by atoms with Gasteiger partial charge < -0.3 is 14.6 Å². The second kappa shape index (κ2) is 9.72. The third-order valence-electron chi connectivity index (χ3n) is 4.67. The first-order chi connectivity index (χ1) is 15.8. The lowest BCUT2D eigenvalue weighted by atomic mass is 10.2. The van der Waals surface area contributed by atoms with E-state index in [1.165, 1.54) is 0 Å². The van der Waals surface area contributed by atoms with Crippen molar-refractivity contribution in [1.82, 2.24) is 14.9 Å². The van der Waals surface area contributed by atoms with Crippen molar-refractivity contribution in [1.29, 1.82) is 0 Å². The molecular weight excluding hydrogens is 522 g/mol. The molecule has 2 heterocycles. The number of anilines is 1. The number of nitrogens with one attached hydrogen (secondary N) is 1. The second-order valence-electron chi connectivity index (χ2n) is 7.03. The highest BCUT2D eigenvalue weighted by molar-refractivity contribution is 9.10. The van der Waals surface area contributed by atoms with Crippen molar-refractivity contribution in [3.05, 3.63) is 92.4 Å². The number of ether oxygens (including phenoxy) is 1. The van der Waals surface area contributed by atoms with Crippen molar-refractivity contribution in [2.75, 3.05) is 5.32 Å². The summed E-state index contributed by atoms with van der Waals surface area (Å²) in [5.41, 5.74) is 1.27. The van der Waals surface area contributed by atoms with E-state index < -0.39 is 17.5 Å². The SMILES string of the molecule is Cc1onc(C(=O)Nc2nn(Cc3ccc(Cl)cc3)cc2Br)c1COc1ccc(F)cc1F. The summed E-state index contributed by atoms with van der Waals surface area (Å²) in [5.74, 6) is -1.71. The Morgan fingerprint density at radius 2 is 2.00 bits per heavy atom. The maximum atomic E-state index is 13.8. The van der Waals surface area contributed by atoms with Crippen LogP contribution in [0.3, 0.4) is 0 Å². The molecule has 4 aromatic rings. The largest absolute Gasteiger partial charge is 0.486 e. The van der Waals surface area contributed by atoms with E-state index in [9.17, 15) is 13.6 Å². The minimum absolute atomic E-state index is 0.0332. The molecule has 0 radical (unpaired) electrons. The Labute approximate surface area is 200 Å². The van der Waals surface area contributed by atoms with Crippen LogP contribution in [-0.2, 0) is 13.2 Å². The molecule has 0 saturated heterocycles. The molecule has 0 unspecified atom stereocenters. The quantitative estimate of drug-likeness (QED) is 0.324. The fourth-order valence-electron chi connectivity index (χ4n) is 2.99. The van der Waals surface area contributed by atoms with Crippen LogP contribution >= 0.6 is 27.5 Å². The highest BCUT2D eigenvalue weighted by Gasteiger charge is 2.22. The fourth-order valence-corrected chi connectivity index (χ4v) is 3.53. The van der Waals surface area contributed by atoms with Crippen LogP contribution in [-0.4, -0.2) is 20.8 Å². The Morgan fingerprint density at radius 3 is 2.73 bits per heavy atom. The summed E-state index contributed by atoms with van der Waals surface area (Å²) in [4.78, 5) is 12.8. The summed E-state index contributed by atoms with van der Waals surface area (Å²) in [5, 5.41) is 11.5. The molecule has 0 saturated carbocycles. The van der Waals surface area contributed by atoms with E-state index in [-0.39, 0.29) is 23.9 Å². The molecule has 170 valence electrons. The van der Waals surface area contributed by atoms with Crippen LogP contribution in [0.4, 0.5) is 14.6 Å². The second-order valence-corrected chi connectivity index (χ2v) is 8.32. The standard InChI is InChI=1S/C22H16BrClF2N4O3/c1-12-16(11-32-19-7-6-15(25)8-18(19)26)20(29-33-12)22(31)27-21-17(23)10-30(28-21)9-13-2-4-14(24)5-3-13/h2-8,10H,9,11H2,1H3,(H,27,28,31). The van der Waals surface area contributed by atoms with Gasteiger partial charge in [-0.1, -0.05) is 28.9 Å². The molecule has 0 aliphatic carbocycles. The summed E-state index contributed by atoms with van der Waals surface area (Å²) in [6.07, 6.45) is 1.72. The number of aryl methyl sites for hydroxylation is 1. The smallest absolute Gasteiger partial charge is 0.279 e. The predicted molar refractivity (Wildman–Crippen MR) is 120 cm³/mol. The molecule has 0 spiro atoms. The number of benzene rings is 2. The minimum Gasteiger partial charge on any atom is -0.486 e. The van der Waals surface area contributed by atoms with Gasteiger partial charge in [0.25, 0.3) is 5.91 Å². The van der Waals surface area contributed by atoms with Crippen molar-refractivity contribution < 1.29 is 22.8 Å². The number of hydrogen-bond acceptors (Lipinski definition) is 5. The molecule has 0 bridgehead atoms. The summed E-state index contributed by atoms with van der Waals surface area (Å²) in [6.45, 7) is 1.87. The van der Waals surface area contributed by atoms with Gasteiger partial charge in [0.15, 0.2) is 23.1 Å². The first kappa shape index (κ1) is 22.9. The number of halogens is 4. The molecule has 0 aliphatic rings. The summed E-state index contributed by atoms with van der Waals surface area (Å²) in [7, 11) is 0. The summed E-state index contributed by atoms with van der Waals surface area (Å²) < 4.78 is 39.7. The highest BCUT2D eigenvalue weighted by Crippen LogP contribution is 2.24. The van der Waals surface area contributed by atoms with Crippen molar-refractivity contribution in [2.24, 2.45) is 0 Å². The van der Waals surface area contributed by atoms with E-state index in [1.54, 1.807) is 29.9 Å². The van der Waals surface area contributed by atoms with E-state index in [4.69, 9.17) is 20.9 Å². The van der Waals surface area contributed by atoms with Gasteiger partial charge in [0.2, 0.25) is 0 Å². The number of aromatic nitrogens is 3. The Bertz CT molecular complexity index is 1310. The number of amides is 1. The van der Waals surface area contributed by atoms with Crippen LogP contribution in [0.15, 0.2) is 57.7 Å². The zero-order valence-corrected chi connectivity index (χ0v) is 19.5. The maximum Gasteiger partial charge on any atom is 0.279 e. The molecule has 1 N–H and O–H groups in total. The van der Waals surface area contributed by atoms with Crippen LogP contribution in [0.25, 0.3) is 0 Å². The lowest BCUT2D eigenvalue weighted by Gasteiger charge is -2.08. The predicted octanol–water partition coefficient (Wildman–Crippen LogP) is 5.75. The molecule has 0 fully saturated rings. The Balaban J connectivity index is 1.47. The third kappa shape index (κ3) is 5.40. The minimum atomic E-state index is -0.856. The molecule has 11 heteroatoms. The molecule has 2 aromatic heterocycles. The lowest BCUT2D eigenvalue weighted by molar-refractivity contribution is 0.101. The maximum absolute atomic E-state index is 13.8.